The van der Waals surface area contributed by atoms with Crippen LogP contribution in [-0.4, -0.2) is 19.4 Å². The van der Waals surface area contributed by atoms with Crippen molar-refractivity contribution in [2.75, 3.05) is 0 Å². The Labute approximate surface area is 60.3 Å². The van der Waals surface area contributed by atoms with Crippen LogP contribution in [0.4, 0.5) is 0 Å². The van der Waals surface area contributed by atoms with Gasteiger partial charge in [-0.25, -0.2) is 8.42 Å². The first-order chi connectivity index (χ1) is 4.12. The molecule has 0 aromatic carbocycles. The normalized spacial score (nSPS) is 8.00. The second-order valence-electron chi connectivity index (χ2n) is 0.790. The third-order valence-electron chi connectivity index (χ3n) is 0.279. The van der Waals surface area contributed by atoms with Crippen molar-refractivity contribution in [3.05, 3.63) is 20.9 Å². The zero-order valence-electron chi connectivity index (χ0n) is 3.91. The molecule has 0 aliphatic rings. The molecule has 0 bridgehead atoms. The molecule has 0 rings (SSSR count). The molecule has 0 unspecified atom stereocenters. The van der Waals surface area contributed by atoms with Crippen molar-refractivity contribution in [3.63, 3.8) is 0 Å². The van der Waals surface area contributed by atoms with Crippen LogP contribution in [0, 0.1) is 0 Å². The smallest absolute Gasteiger partial charge is 0.213 e. The molecule has 10 heteroatoms. The van der Waals surface area contributed by atoms with E-state index in [2.05, 4.69) is 9.04 Å². The van der Waals surface area contributed by atoms with E-state index in [0.29, 0.717) is 0 Å². The summed E-state index contributed by atoms with van der Waals surface area (Å²) in [6.07, 6.45) is 0. The number of hydrogen-bond acceptors (Lipinski definition) is 2. The molecular formula is H4N6O2SSi. The molecule has 0 fully saturated rings. The van der Waals surface area contributed by atoms with E-state index in [0.717, 1.165) is 0 Å². The van der Waals surface area contributed by atoms with Gasteiger partial charge in [0.2, 0.25) is 0 Å². The van der Waals surface area contributed by atoms with Crippen LogP contribution < -0.4 is 0 Å². The molecule has 56 valence electrons. The van der Waals surface area contributed by atoms with Crippen LogP contribution in [-0.2, 0) is 10.2 Å². The summed E-state index contributed by atoms with van der Waals surface area (Å²) in [6, 6.07) is 0. The number of azide groups is 1. The fourth-order valence-corrected chi connectivity index (χ4v) is 0.326. The summed E-state index contributed by atoms with van der Waals surface area (Å²) in [5.74, 6) is 0. The number of rotatable bonds is 2. The van der Waals surface area contributed by atoms with Crippen LogP contribution in [0.25, 0.3) is 20.9 Å². The Kier molecular flexibility index (Phi) is 5.37. The van der Waals surface area contributed by atoms with Gasteiger partial charge in [-0.1, -0.05) is 0 Å². The SMILES string of the molecule is [N-]=[N+]=NS(=O)(=O)N=[N+]=[N-].[SiH4]. The lowest BCUT2D eigenvalue weighted by atomic mass is 13.0. The quantitative estimate of drug-likeness (QED) is 0.243. The first kappa shape index (κ1) is 11.6. The molecule has 0 saturated carbocycles. The van der Waals surface area contributed by atoms with Gasteiger partial charge in [0.1, 0.15) is 0 Å². The second kappa shape index (κ2) is 4.65. The maximum atomic E-state index is 9.99. The molecule has 10 heavy (non-hydrogen) atoms. The summed E-state index contributed by atoms with van der Waals surface area (Å²) >= 11 is 0. The molecule has 0 spiro atoms. The Morgan fingerprint density at radius 3 is 1.60 bits per heavy atom. The Hall–Kier alpha value is -1.21. The maximum Gasteiger partial charge on any atom is 0.321 e. The van der Waals surface area contributed by atoms with Gasteiger partial charge in [-0.2, -0.15) is 0 Å². The van der Waals surface area contributed by atoms with Crippen molar-refractivity contribution < 1.29 is 8.42 Å². The Balaban J connectivity index is 0. The van der Waals surface area contributed by atoms with Crippen LogP contribution in [0.5, 0.6) is 0 Å². The van der Waals surface area contributed by atoms with Gasteiger partial charge in [0.15, 0.2) is 0 Å². The largest absolute Gasteiger partial charge is 0.321 e. The zero-order chi connectivity index (χ0) is 7.33. The Morgan fingerprint density at radius 1 is 1.10 bits per heavy atom. The van der Waals surface area contributed by atoms with Gasteiger partial charge >= 0.3 is 10.2 Å². The van der Waals surface area contributed by atoms with Gasteiger partial charge in [-0.3, -0.25) is 0 Å². The summed E-state index contributed by atoms with van der Waals surface area (Å²) in [6.45, 7) is 0. The molecule has 0 heterocycles. The van der Waals surface area contributed by atoms with Gasteiger partial charge in [0.05, 0.1) is 0 Å². The van der Waals surface area contributed by atoms with E-state index in [1.165, 1.54) is 0 Å². The van der Waals surface area contributed by atoms with E-state index in [9.17, 15) is 8.42 Å². The molecular weight excluding hydrogens is 176 g/mol. The highest BCUT2D eigenvalue weighted by atomic mass is 32.2. The number of hydrogen-bond donors (Lipinski definition) is 0. The van der Waals surface area contributed by atoms with E-state index in [4.69, 9.17) is 11.1 Å². The summed E-state index contributed by atoms with van der Waals surface area (Å²) in [5.41, 5.74) is 15.0. The molecule has 0 N–H and O–H groups in total. The fraction of sp³-hybridized carbons (Fsp3) is 0. The minimum atomic E-state index is -4.27. The molecule has 8 nitrogen and oxygen atoms in total. The molecule has 0 aliphatic heterocycles. The third-order valence-corrected chi connectivity index (χ3v) is 0.838. The van der Waals surface area contributed by atoms with E-state index < -0.39 is 10.2 Å². The van der Waals surface area contributed by atoms with Gasteiger partial charge < -0.3 is 0 Å². The predicted octanol–water partition coefficient (Wildman–Crippen LogP) is -0.600. The first-order valence-electron chi connectivity index (χ1n) is 1.50. The van der Waals surface area contributed by atoms with Gasteiger partial charge in [0, 0.05) is 18.9 Å². The van der Waals surface area contributed by atoms with Crippen molar-refractivity contribution in [3.8, 4) is 0 Å². The summed E-state index contributed by atoms with van der Waals surface area (Å²) in [7, 11) is -4.27. The topological polar surface area (TPSA) is 132 Å². The lowest BCUT2D eigenvalue weighted by molar-refractivity contribution is 0.599. The number of nitrogens with zero attached hydrogens (tertiary/aromatic N) is 6. The molecule has 0 aromatic rings. The molecule has 0 amide bonds. The van der Waals surface area contributed by atoms with Crippen molar-refractivity contribution in [1.82, 2.24) is 0 Å². The average molecular weight is 180 g/mol. The van der Waals surface area contributed by atoms with Crippen LogP contribution in [0.3, 0.4) is 0 Å². The van der Waals surface area contributed by atoms with Gasteiger partial charge in [0.25, 0.3) is 0 Å². The highest BCUT2D eigenvalue weighted by molar-refractivity contribution is 7.88. The van der Waals surface area contributed by atoms with Crippen LogP contribution >= 0.6 is 0 Å². The molecule has 0 aliphatic carbocycles. The van der Waals surface area contributed by atoms with Gasteiger partial charge in [-0.05, 0) is 22.0 Å². The molecule has 0 aromatic heterocycles. The van der Waals surface area contributed by atoms with Crippen molar-refractivity contribution in [2.45, 2.75) is 0 Å². The van der Waals surface area contributed by atoms with E-state index in [-0.39, 0.29) is 11.0 Å². The maximum absolute atomic E-state index is 9.99. The second-order valence-corrected chi connectivity index (χ2v) is 2.01. The third kappa shape index (κ3) is 4.93. The lowest BCUT2D eigenvalue weighted by Crippen LogP contribution is -1.82. The summed E-state index contributed by atoms with van der Waals surface area (Å²) in [5, 5.41) is 0. The molecule has 0 radical (unpaired) electrons. The Bertz CT molecular complexity index is 253. The summed E-state index contributed by atoms with van der Waals surface area (Å²) < 4.78 is 24.3. The minimum Gasteiger partial charge on any atom is -0.213 e. The van der Waals surface area contributed by atoms with Crippen LogP contribution in [0.15, 0.2) is 9.04 Å². The minimum absolute atomic E-state index is 0. The molecule has 0 saturated heterocycles. The van der Waals surface area contributed by atoms with E-state index in [1.807, 2.05) is 9.82 Å². The average Bonchev–Trinajstić information content (AvgIpc) is 1.64. The zero-order valence-corrected chi connectivity index (χ0v) is 4.72. The highest BCUT2D eigenvalue weighted by Gasteiger charge is 1.99. The van der Waals surface area contributed by atoms with Gasteiger partial charge in [-0.15, -0.1) is 0 Å². The van der Waals surface area contributed by atoms with Crippen molar-refractivity contribution in [2.24, 2.45) is 9.04 Å². The first-order valence-corrected chi connectivity index (χ1v) is 2.90. The van der Waals surface area contributed by atoms with Crippen molar-refractivity contribution in [1.29, 1.82) is 0 Å². The monoisotopic (exact) mass is 180 g/mol. The van der Waals surface area contributed by atoms with Crippen LogP contribution in [0.2, 0.25) is 0 Å². The predicted molar refractivity (Wildman–Crippen MR) is 38.5 cm³/mol. The van der Waals surface area contributed by atoms with E-state index in [1.54, 1.807) is 0 Å². The highest BCUT2D eigenvalue weighted by Crippen LogP contribution is 1.92. The van der Waals surface area contributed by atoms with Crippen molar-refractivity contribution >= 4 is 21.2 Å². The fourth-order valence-electron chi connectivity index (χ4n) is 0.109. The molecule has 0 atom stereocenters. The van der Waals surface area contributed by atoms with Crippen LogP contribution in [0.1, 0.15) is 0 Å². The summed E-state index contributed by atoms with van der Waals surface area (Å²) in [4.78, 5) is 3.80. The standard InChI is InChI=1S/N6O2S.H4Si/c1-3-5-9(7,8)6-4-2;/h;1H4. The Morgan fingerprint density at radius 2 is 1.40 bits per heavy atom. The lowest BCUT2D eigenvalue weighted by Gasteiger charge is -1.73. The van der Waals surface area contributed by atoms with E-state index >= 15 is 0 Å².